The van der Waals surface area contributed by atoms with Gasteiger partial charge in [-0.1, -0.05) is 12.8 Å². The summed E-state index contributed by atoms with van der Waals surface area (Å²) in [5, 5.41) is 8.99. The molecule has 5 nitrogen and oxygen atoms in total. The van der Waals surface area contributed by atoms with Gasteiger partial charge in [0.15, 0.2) is 9.84 Å². The second-order valence-corrected chi connectivity index (χ2v) is 9.03. The van der Waals surface area contributed by atoms with Crippen molar-refractivity contribution in [2.24, 2.45) is 5.92 Å². The van der Waals surface area contributed by atoms with Crippen molar-refractivity contribution in [2.75, 3.05) is 12.3 Å². The van der Waals surface area contributed by atoms with E-state index < -0.39 is 27.1 Å². The zero-order valence-corrected chi connectivity index (χ0v) is 13.1. The highest BCUT2D eigenvalue weighted by atomic mass is 32.2. The minimum absolute atomic E-state index is 0.0671. The van der Waals surface area contributed by atoms with E-state index in [1.165, 1.54) is 6.42 Å². The first-order chi connectivity index (χ1) is 9.33. The number of carboxylic acids is 1. The van der Waals surface area contributed by atoms with Gasteiger partial charge in [-0.25, -0.2) is 8.42 Å². The van der Waals surface area contributed by atoms with Crippen molar-refractivity contribution in [1.82, 2.24) is 4.90 Å². The van der Waals surface area contributed by atoms with Crippen LogP contribution in [0.3, 0.4) is 0 Å². The number of carbonyl (C=O) groups is 1. The Hall–Kier alpha value is -0.620. The van der Waals surface area contributed by atoms with Crippen molar-refractivity contribution in [2.45, 2.75) is 63.3 Å². The summed E-state index contributed by atoms with van der Waals surface area (Å²) in [4.78, 5) is 13.4. The number of rotatable bonds is 5. The van der Waals surface area contributed by atoms with Crippen molar-refractivity contribution in [3.8, 4) is 0 Å². The first-order valence-electron chi connectivity index (χ1n) is 7.53. The van der Waals surface area contributed by atoms with Crippen molar-refractivity contribution < 1.29 is 18.3 Å². The summed E-state index contributed by atoms with van der Waals surface area (Å²) in [5.74, 6) is -0.301. The van der Waals surface area contributed by atoms with Crippen molar-refractivity contribution >= 4 is 15.8 Å². The third-order valence-corrected chi connectivity index (χ3v) is 7.05. The first kappa shape index (κ1) is 15.8. The Kier molecular flexibility index (Phi) is 4.74. The lowest BCUT2D eigenvalue weighted by Crippen LogP contribution is -2.45. The normalized spacial score (nSPS) is 31.4. The van der Waals surface area contributed by atoms with Crippen LogP contribution in [0, 0.1) is 5.92 Å². The fourth-order valence-corrected chi connectivity index (χ4v) is 4.52. The monoisotopic (exact) mass is 303 g/mol. The van der Waals surface area contributed by atoms with E-state index in [2.05, 4.69) is 0 Å². The van der Waals surface area contributed by atoms with Crippen LogP contribution in [0.5, 0.6) is 0 Å². The summed E-state index contributed by atoms with van der Waals surface area (Å²) < 4.78 is 23.9. The van der Waals surface area contributed by atoms with Crippen molar-refractivity contribution in [3.05, 3.63) is 0 Å². The summed E-state index contributed by atoms with van der Waals surface area (Å²) in [6, 6.07) is -0.224. The molecule has 116 valence electrons. The Morgan fingerprint density at radius 3 is 2.55 bits per heavy atom. The Morgan fingerprint density at radius 2 is 1.95 bits per heavy atom. The fraction of sp³-hybridized carbons (Fsp3) is 0.929. The van der Waals surface area contributed by atoms with E-state index in [9.17, 15) is 18.3 Å². The number of carboxylic acid groups (broad SMARTS) is 1. The molecule has 1 saturated carbocycles. The number of nitrogens with zero attached hydrogens (tertiary/aromatic N) is 1. The van der Waals surface area contributed by atoms with Crippen LogP contribution in [-0.2, 0) is 14.6 Å². The maximum Gasteiger partial charge on any atom is 0.320 e. The van der Waals surface area contributed by atoms with E-state index in [1.807, 2.05) is 4.90 Å². The second-order valence-electron chi connectivity index (χ2n) is 6.36. The maximum absolute atomic E-state index is 11.9. The summed E-state index contributed by atoms with van der Waals surface area (Å²) in [6.07, 6.45) is 5.08. The molecule has 0 bridgehead atoms. The molecule has 6 heteroatoms. The minimum Gasteiger partial charge on any atom is -0.480 e. The zero-order chi connectivity index (χ0) is 14.9. The molecule has 1 aliphatic heterocycles. The summed E-state index contributed by atoms with van der Waals surface area (Å²) in [5.41, 5.74) is 0. The summed E-state index contributed by atoms with van der Waals surface area (Å²) >= 11 is 0. The van der Waals surface area contributed by atoms with E-state index in [0.29, 0.717) is 18.9 Å². The Labute approximate surface area is 121 Å². The predicted octanol–water partition coefficient (Wildman–Crippen LogP) is 1.53. The van der Waals surface area contributed by atoms with Crippen LogP contribution in [0.4, 0.5) is 0 Å². The molecule has 2 rings (SSSR count). The van der Waals surface area contributed by atoms with Crippen LogP contribution in [-0.4, -0.2) is 54.0 Å². The molecule has 0 spiro atoms. The average molecular weight is 303 g/mol. The van der Waals surface area contributed by atoms with Crippen LogP contribution in [0.25, 0.3) is 0 Å². The maximum atomic E-state index is 11.9. The molecule has 0 aromatic carbocycles. The Balaban J connectivity index is 2.08. The molecule has 1 aliphatic carbocycles. The van der Waals surface area contributed by atoms with Gasteiger partial charge in [0, 0.05) is 12.6 Å². The highest BCUT2D eigenvalue weighted by molar-refractivity contribution is 7.92. The lowest BCUT2D eigenvalue weighted by Gasteiger charge is -2.33. The van der Waals surface area contributed by atoms with Gasteiger partial charge < -0.3 is 5.11 Å². The molecule has 2 fully saturated rings. The lowest BCUT2D eigenvalue weighted by atomic mass is 9.85. The predicted molar refractivity (Wildman–Crippen MR) is 77.4 cm³/mol. The third-order valence-electron chi connectivity index (χ3n) is 4.86. The molecule has 20 heavy (non-hydrogen) atoms. The molecule has 1 N–H and O–H groups in total. The average Bonchev–Trinajstić information content (AvgIpc) is 2.75. The quantitative estimate of drug-likeness (QED) is 0.833. The van der Waals surface area contributed by atoms with Crippen LogP contribution in [0.2, 0.25) is 0 Å². The van der Waals surface area contributed by atoms with Crippen LogP contribution in [0.15, 0.2) is 0 Å². The van der Waals surface area contributed by atoms with Crippen LogP contribution >= 0.6 is 0 Å². The van der Waals surface area contributed by atoms with E-state index in [1.54, 1.807) is 13.8 Å². The van der Waals surface area contributed by atoms with Gasteiger partial charge >= 0.3 is 5.97 Å². The number of hydrogen-bond donors (Lipinski definition) is 1. The van der Waals surface area contributed by atoms with E-state index in [-0.39, 0.29) is 11.8 Å². The lowest BCUT2D eigenvalue weighted by molar-refractivity contribution is -0.142. The van der Waals surface area contributed by atoms with Gasteiger partial charge in [0.05, 0.1) is 11.0 Å². The van der Waals surface area contributed by atoms with E-state index in [4.69, 9.17) is 0 Å². The van der Waals surface area contributed by atoms with E-state index >= 15 is 0 Å². The van der Waals surface area contributed by atoms with Gasteiger partial charge in [-0.05, 0) is 39.0 Å². The largest absolute Gasteiger partial charge is 0.480 e. The molecule has 0 aromatic heterocycles. The molecule has 2 aliphatic rings. The SMILES string of the molecule is CC(C)S(=O)(=O)CCN1C(C(=O)O)CC2CCCCC21. The summed E-state index contributed by atoms with van der Waals surface area (Å²) in [7, 11) is -3.11. The van der Waals surface area contributed by atoms with Crippen molar-refractivity contribution in [1.29, 1.82) is 0 Å². The smallest absolute Gasteiger partial charge is 0.320 e. The fourth-order valence-electron chi connectivity index (χ4n) is 3.59. The first-order valence-corrected chi connectivity index (χ1v) is 9.24. The van der Waals surface area contributed by atoms with Gasteiger partial charge in [0.25, 0.3) is 0 Å². The van der Waals surface area contributed by atoms with Gasteiger partial charge in [0.1, 0.15) is 6.04 Å². The molecule has 0 amide bonds. The molecule has 1 heterocycles. The molecule has 3 unspecified atom stereocenters. The van der Waals surface area contributed by atoms with Crippen molar-refractivity contribution in [3.63, 3.8) is 0 Å². The van der Waals surface area contributed by atoms with E-state index in [0.717, 1.165) is 19.3 Å². The molecule has 3 atom stereocenters. The van der Waals surface area contributed by atoms with Crippen LogP contribution < -0.4 is 0 Å². The Bertz CT molecular complexity index is 460. The highest BCUT2D eigenvalue weighted by Crippen LogP contribution is 2.39. The number of hydrogen-bond acceptors (Lipinski definition) is 4. The Morgan fingerprint density at radius 1 is 1.30 bits per heavy atom. The number of aliphatic carboxylic acids is 1. The molecular weight excluding hydrogens is 278 g/mol. The van der Waals surface area contributed by atoms with Gasteiger partial charge in [0.2, 0.25) is 0 Å². The number of fused-ring (bicyclic) bond motifs is 1. The van der Waals surface area contributed by atoms with Gasteiger partial charge in [-0.2, -0.15) is 0 Å². The topological polar surface area (TPSA) is 74.7 Å². The van der Waals surface area contributed by atoms with Gasteiger partial charge in [-0.15, -0.1) is 0 Å². The minimum atomic E-state index is -3.11. The van der Waals surface area contributed by atoms with Gasteiger partial charge in [-0.3, -0.25) is 9.69 Å². The summed E-state index contributed by atoms with van der Waals surface area (Å²) in [6.45, 7) is 3.72. The molecule has 1 saturated heterocycles. The van der Waals surface area contributed by atoms with Crippen LogP contribution in [0.1, 0.15) is 46.0 Å². The zero-order valence-electron chi connectivity index (χ0n) is 12.3. The standard InChI is InChI=1S/C14H25NO4S/c1-10(2)20(18,19)8-7-15-12-6-4-3-5-11(12)9-13(15)14(16)17/h10-13H,3-9H2,1-2H3,(H,16,17). The molecule has 0 aromatic rings. The third kappa shape index (κ3) is 3.17. The highest BCUT2D eigenvalue weighted by Gasteiger charge is 2.45. The number of sulfone groups is 1. The number of likely N-dealkylation sites (tertiary alicyclic amines) is 1. The molecule has 0 radical (unpaired) electrons. The second kappa shape index (κ2) is 6.02. The molecular formula is C14H25NO4S.